The van der Waals surface area contributed by atoms with E-state index in [1.807, 2.05) is 32.9 Å². The van der Waals surface area contributed by atoms with Crippen LogP contribution in [-0.2, 0) is 16.1 Å². The van der Waals surface area contributed by atoms with Gasteiger partial charge in [0.1, 0.15) is 5.60 Å². The van der Waals surface area contributed by atoms with Gasteiger partial charge in [0.2, 0.25) is 5.91 Å². The van der Waals surface area contributed by atoms with Gasteiger partial charge in [-0.2, -0.15) is 0 Å². The van der Waals surface area contributed by atoms with Crippen molar-refractivity contribution in [3.63, 3.8) is 0 Å². The second-order valence-corrected chi connectivity index (χ2v) is 5.79. The van der Waals surface area contributed by atoms with Crippen LogP contribution in [-0.4, -0.2) is 36.1 Å². The third kappa shape index (κ3) is 6.27. The van der Waals surface area contributed by atoms with E-state index in [1.54, 1.807) is 19.2 Å². The zero-order chi connectivity index (χ0) is 16.0. The lowest BCUT2D eigenvalue weighted by atomic mass is 10.2. The molecule has 0 aliphatic rings. The summed E-state index contributed by atoms with van der Waals surface area (Å²) in [5.74, 6) is -0.242. The zero-order valence-electron chi connectivity index (χ0n) is 13.0. The molecule has 0 heterocycles. The van der Waals surface area contributed by atoms with Crippen molar-refractivity contribution in [2.24, 2.45) is 5.73 Å². The van der Waals surface area contributed by atoms with Gasteiger partial charge >= 0.3 is 6.09 Å². The predicted molar refractivity (Wildman–Crippen MR) is 81.8 cm³/mol. The van der Waals surface area contributed by atoms with Crippen molar-refractivity contribution in [2.45, 2.75) is 32.9 Å². The smallest absolute Gasteiger partial charge is 0.410 e. The number of nitrogens with two attached hydrogens (primary N) is 1. The minimum absolute atomic E-state index is 0.0524. The van der Waals surface area contributed by atoms with Crippen LogP contribution in [0, 0.1) is 0 Å². The van der Waals surface area contributed by atoms with Crippen LogP contribution in [0.5, 0.6) is 0 Å². The van der Waals surface area contributed by atoms with Crippen LogP contribution in [0.4, 0.5) is 10.5 Å². The van der Waals surface area contributed by atoms with Gasteiger partial charge in [0, 0.05) is 19.3 Å². The van der Waals surface area contributed by atoms with Gasteiger partial charge in [-0.25, -0.2) is 4.79 Å². The van der Waals surface area contributed by atoms with Crippen LogP contribution in [0.1, 0.15) is 26.3 Å². The van der Waals surface area contributed by atoms with E-state index < -0.39 is 5.60 Å². The number of hydrogen-bond acceptors (Lipinski definition) is 4. The van der Waals surface area contributed by atoms with E-state index in [2.05, 4.69) is 5.32 Å². The van der Waals surface area contributed by atoms with Crippen molar-refractivity contribution in [1.29, 1.82) is 0 Å². The Morgan fingerprint density at radius 1 is 1.24 bits per heavy atom. The molecule has 0 saturated carbocycles. The van der Waals surface area contributed by atoms with Gasteiger partial charge in [-0.1, -0.05) is 12.1 Å². The average molecular weight is 293 g/mol. The van der Waals surface area contributed by atoms with E-state index in [9.17, 15) is 9.59 Å². The molecule has 21 heavy (non-hydrogen) atoms. The van der Waals surface area contributed by atoms with Crippen molar-refractivity contribution in [2.75, 3.05) is 18.9 Å². The molecule has 0 aliphatic carbocycles. The summed E-state index contributed by atoms with van der Waals surface area (Å²) in [6.07, 6.45) is -0.372. The first-order valence-electron chi connectivity index (χ1n) is 6.74. The molecule has 0 spiro atoms. The highest BCUT2D eigenvalue weighted by Crippen LogP contribution is 2.13. The quantitative estimate of drug-likeness (QED) is 0.888. The van der Waals surface area contributed by atoms with Gasteiger partial charge < -0.3 is 20.7 Å². The summed E-state index contributed by atoms with van der Waals surface area (Å²) < 4.78 is 5.28. The van der Waals surface area contributed by atoms with Crippen molar-refractivity contribution >= 4 is 17.7 Å². The molecule has 6 nitrogen and oxygen atoms in total. The summed E-state index contributed by atoms with van der Waals surface area (Å²) in [6, 6.07) is 7.22. The van der Waals surface area contributed by atoms with Crippen molar-refractivity contribution in [3.8, 4) is 0 Å². The van der Waals surface area contributed by atoms with Crippen LogP contribution >= 0.6 is 0 Å². The van der Waals surface area contributed by atoms with Crippen molar-refractivity contribution in [1.82, 2.24) is 4.90 Å². The molecule has 0 saturated heterocycles. The normalized spacial score (nSPS) is 10.9. The van der Waals surface area contributed by atoms with Crippen LogP contribution < -0.4 is 11.1 Å². The van der Waals surface area contributed by atoms with Crippen LogP contribution in [0.2, 0.25) is 0 Å². The van der Waals surface area contributed by atoms with Gasteiger partial charge in [0.05, 0.1) is 6.54 Å². The topological polar surface area (TPSA) is 84.7 Å². The Morgan fingerprint density at radius 2 is 1.81 bits per heavy atom. The maximum Gasteiger partial charge on any atom is 0.410 e. The molecule has 2 amide bonds. The number of hydrogen-bond donors (Lipinski definition) is 2. The first-order valence-corrected chi connectivity index (χ1v) is 6.74. The Kier molecular flexibility index (Phi) is 5.72. The minimum Gasteiger partial charge on any atom is -0.444 e. The fourth-order valence-corrected chi connectivity index (χ4v) is 1.58. The molecular formula is C15H23N3O3. The number of amides is 2. The molecule has 116 valence electrons. The van der Waals surface area contributed by atoms with Crippen molar-refractivity contribution in [3.05, 3.63) is 29.8 Å². The van der Waals surface area contributed by atoms with E-state index in [1.165, 1.54) is 4.90 Å². The SMILES string of the molecule is CN(Cc1ccc(NC(=O)CN)cc1)C(=O)OC(C)(C)C. The van der Waals surface area contributed by atoms with Crippen molar-refractivity contribution < 1.29 is 14.3 Å². The molecule has 0 fully saturated rings. The predicted octanol–water partition coefficient (Wildman–Crippen LogP) is 1.95. The van der Waals surface area contributed by atoms with E-state index in [0.29, 0.717) is 12.2 Å². The van der Waals surface area contributed by atoms with Crippen LogP contribution in [0.25, 0.3) is 0 Å². The molecule has 0 radical (unpaired) electrons. The minimum atomic E-state index is -0.512. The summed E-state index contributed by atoms with van der Waals surface area (Å²) in [6.45, 7) is 5.86. The molecule has 0 aliphatic heterocycles. The van der Waals surface area contributed by atoms with Gasteiger partial charge in [-0.3, -0.25) is 4.79 Å². The molecule has 0 unspecified atom stereocenters. The molecule has 0 aromatic heterocycles. The maximum absolute atomic E-state index is 11.8. The maximum atomic E-state index is 11.8. The lowest BCUT2D eigenvalue weighted by molar-refractivity contribution is -0.114. The fraction of sp³-hybridized carbons (Fsp3) is 0.467. The molecule has 3 N–H and O–H groups in total. The number of rotatable bonds is 4. The molecule has 1 rings (SSSR count). The number of nitrogens with one attached hydrogen (secondary N) is 1. The highest BCUT2D eigenvalue weighted by Gasteiger charge is 2.19. The van der Waals surface area contributed by atoms with Gasteiger partial charge in [-0.15, -0.1) is 0 Å². The first kappa shape index (κ1) is 17.0. The number of carbonyl (C=O) groups excluding carboxylic acids is 2. The van der Waals surface area contributed by atoms with Crippen LogP contribution in [0.15, 0.2) is 24.3 Å². The summed E-state index contributed by atoms with van der Waals surface area (Å²) in [5, 5.41) is 2.66. The number of nitrogens with zero attached hydrogens (tertiary/aromatic N) is 1. The molecular weight excluding hydrogens is 270 g/mol. The highest BCUT2D eigenvalue weighted by molar-refractivity contribution is 5.92. The molecule has 1 aromatic carbocycles. The number of anilines is 1. The Labute approximate surface area is 125 Å². The fourth-order valence-electron chi connectivity index (χ4n) is 1.58. The number of carbonyl (C=O) groups is 2. The summed E-state index contributed by atoms with van der Waals surface area (Å²) in [7, 11) is 1.68. The standard InChI is InChI=1S/C15H23N3O3/c1-15(2,3)21-14(20)18(4)10-11-5-7-12(8-6-11)17-13(19)9-16/h5-8H,9-10,16H2,1-4H3,(H,17,19). The van der Waals surface area contributed by atoms with E-state index in [-0.39, 0.29) is 18.5 Å². The Morgan fingerprint density at radius 3 is 2.29 bits per heavy atom. The number of ether oxygens (including phenoxy) is 1. The molecule has 0 atom stereocenters. The van der Waals surface area contributed by atoms with Crippen LogP contribution in [0.3, 0.4) is 0 Å². The summed E-state index contributed by atoms with van der Waals surface area (Å²) in [4.78, 5) is 24.5. The van der Waals surface area contributed by atoms with Gasteiger partial charge in [0.25, 0.3) is 0 Å². The largest absolute Gasteiger partial charge is 0.444 e. The third-order valence-corrected chi connectivity index (χ3v) is 2.55. The van der Waals surface area contributed by atoms with E-state index in [4.69, 9.17) is 10.5 Å². The summed E-state index contributed by atoms with van der Waals surface area (Å²) in [5.41, 5.74) is 6.33. The Hall–Kier alpha value is -2.08. The Balaban J connectivity index is 2.59. The molecule has 0 bridgehead atoms. The first-order chi connectivity index (χ1) is 9.71. The second kappa shape index (κ2) is 7.08. The zero-order valence-corrected chi connectivity index (χ0v) is 13.0. The van der Waals surface area contributed by atoms with E-state index >= 15 is 0 Å². The second-order valence-electron chi connectivity index (χ2n) is 5.79. The lowest BCUT2D eigenvalue weighted by Crippen LogP contribution is -2.33. The highest BCUT2D eigenvalue weighted by atomic mass is 16.6. The van der Waals surface area contributed by atoms with Gasteiger partial charge in [-0.05, 0) is 38.5 Å². The molecule has 6 heteroatoms. The lowest BCUT2D eigenvalue weighted by Gasteiger charge is -2.24. The number of benzene rings is 1. The Bertz CT molecular complexity index is 492. The van der Waals surface area contributed by atoms with Gasteiger partial charge in [0.15, 0.2) is 0 Å². The third-order valence-electron chi connectivity index (χ3n) is 2.55. The molecule has 1 aromatic rings. The summed E-state index contributed by atoms with van der Waals surface area (Å²) >= 11 is 0. The monoisotopic (exact) mass is 293 g/mol. The van der Waals surface area contributed by atoms with E-state index in [0.717, 1.165) is 5.56 Å². The average Bonchev–Trinajstić information content (AvgIpc) is 2.38.